The zero-order valence-electron chi connectivity index (χ0n) is 11.6. The molecule has 0 saturated heterocycles. The standard InChI is InChI=1S/C11H7F3O2.C6H4/c1-3-7-8(10(15)16-2)5-4-6-9(7)11(12,13)14;1-2-6-4-3-5(1)6/h1,4-6H,2H3;1-4H. The van der Waals surface area contributed by atoms with E-state index in [2.05, 4.69) is 29.0 Å². The third kappa shape index (κ3) is 2.96. The Balaban J connectivity index is 0.000000238. The highest BCUT2D eigenvalue weighted by atomic mass is 19.4. The average molecular weight is 304 g/mol. The maximum Gasteiger partial charge on any atom is 0.417 e. The summed E-state index contributed by atoms with van der Waals surface area (Å²) in [5.41, 5.74) is 1.07. The van der Waals surface area contributed by atoms with Crippen LogP contribution in [-0.4, -0.2) is 13.1 Å². The van der Waals surface area contributed by atoms with Crippen LogP contribution >= 0.6 is 0 Å². The third-order valence-electron chi connectivity index (χ3n) is 3.14. The number of ether oxygens (including phenoxy) is 1. The molecule has 112 valence electrons. The number of esters is 1. The highest BCUT2D eigenvalue weighted by molar-refractivity contribution is 5.92. The number of methoxy groups -OCH3 is 1. The number of benzene rings is 2. The first kappa shape index (κ1) is 15.6. The first-order valence-electron chi connectivity index (χ1n) is 6.24. The van der Waals surface area contributed by atoms with Crippen molar-refractivity contribution in [3.05, 3.63) is 59.2 Å². The smallest absolute Gasteiger partial charge is 0.417 e. The largest absolute Gasteiger partial charge is 0.465 e. The normalized spacial score (nSPS) is 10.9. The summed E-state index contributed by atoms with van der Waals surface area (Å²) in [5.74, 6) is 0.975. The second-order valence-corrected chi connectivity index (χ2v) is 4.44. The topological polar surface area (TPSA) is 26.3 Å². The Bertz CT molecular complexity index is 717. The summed E-state index contributed by atoms with van der Waals surface area (Å²) in [7, 11) is 1.07. The van der Waals surface area contributed by atoms with Gasteiger partial charge in [0.1, 0.15) is 0 Å². The molecule has 22 heavy (non-hydrogen) atoms. The lowest BCUT2D eigenvalue weighted by Gasteiger charge is -2.11. The van der Waals surface area contributed by atoms with Crippen molar-refractivity contribution in [1.82, 2.24) is 0 Å². The number of halogens is 3. The molecule has 0 spiro atoms. The molecule has 3 rings (SSSR count). The summed E-state index contributed by atoms with van der Waals surface area (Å²) in [5, 5.41) is 0. The molecule has 0 aromatic heterocycles. The van der Waals surface area contributed by atoms with Gasteiger partial charge in [0.25, 0.3) is 0 Å². The lowest BCUT2D eigenvalue weighted by Crippen LogP contribution is -2.12. The zero-order chi connectivity index (χ0) is 16.3. The predicted molar refractivity (Wildman–Crippen MR) is 76.2 cm³/mol. The van der Waals surface area contributed by atoms with Gasteiger partial charge in [0.05, 0.1) is 23.8 Å². The van der Waals surface area contributed by atoms with Crippen LogP contribution in [0.2, 0.25) is 0 Å². The van der Waals surface area contributed by atoms with Crippen molar-refractivity contribution in [2.45, 2.75) is 6.18 Å². The first-order chi connectivity index (χ1) is 10.4. The minimum Gasteiger partial charge on any atom is -0.465 e. The van der Waals surface area contributed by atoms with E-state index in [1.807, 2.05) is 5.92 Å². The molecule has 1 aromatic rings. The molecule has 5 heteroatoms. The molecular formula is C17H11F3O2. The number of hydrogen-bond acceptors (Lipinski definition) is 2. The van der Waals surface area contributed by atoms with Gasteiger partial charge in [-0.05, 0) is 23.3 Å². The summed E-state index contributed by atoms with van der Waals surface area (Å²) in [6.07, 6.45) is 0.391. The van der Waals surface area contributed by atoms with Crippen LogP contribution in [0, 0.1) is 12.3 Å². The Morgan fingerprint density at radius 2 is 1.64 bits per heavy atom. The van der Waals surface area contributed by atoms with Crippen molar-refractivity contribution >= 4 is 5.97 Å². The number of rotatable bonds is 1. The minimum absolute atomic E-state index is 0.264. The van der Waals surface area contributed by atoms with Crippen LogP contribution in [0.3, 0.4) is 0 Å². The first-order valence-corrected chi connectivity index (χ1v) is 6.24. The number of hydrogen-bond donors (Lipinski definition) is 0. The molecule has 1 aromatic carbocycles. The molecular weight excluding hydrogens is 293 g/mol. The highest BCUT2D eigenvalue weighted by Crippen LogP contribution is 2.33. The SMILES string of the molecule is C#Cc1c(C(=O)OC)cccc1C(F)(F)F.c1cc2ccc1-2. The summed E-state index contributed by atoms with van der Waals surface area (Å²) in [4.78, 5) is 11.2. The molecule has 0 N–H and O–H groups in total. The number of carbonyl (C=O) groups is 1. The molecule has 0 heterocycles. The van der Waals surface area contributed by atoms with Gasteiger partial charge >= 0.3 is 12.1 Å². The second-order valence-electron chi connectivity index (χ2n) is 4.44. The Kier molecular flexibility index (Phi) is 4.22. The van der Waals surface area contributed by atoms with Gasteiger partial charge in [-0.25, -0.2) is 4.79 Å². The Morgan fingerprint density at radius 3 is 1.95 bits per heavy atom. The van der Waals surface area contributed by atoms with Crippen LogP contribution in [0.1, 0.15) is 21.5 Å². The van der Waals surface area contributed by atoms with Crippen LogP contribution in [0.25, 0.3) is 11.1 Å². The molecule has 2 aliphatic carbocycles. The van der Waals surface area contributed by atoms with Gasteiger partial charge in [0.15, 0.2) is 0 Å². The highest BCUT2D eigenvalue weighted by Gasteiger charge is 2.34. The lowest BCUT2D eigenvalue weighted by molar-refractivity contribution is -0.137. The Morgan fingerprint density at radius 1 is 1.09 bits per heavy atom. The van der Waals surface area contributed by atoms with E-state index in [0.29, 0.717) is 0 Å². The molecule has 0 unspecified atom stereocenters. The third-order valence-corrected chi connectivity index (χ3v) is 3.14. The van der Waals surface area contributed by atoms with Crippen LogP contribution in [-0.2, 0) is 10.9 Å². The average Bonchev–Trinajstić information content (AvgIpc) is 2.48. The molecule has 2 aliphatic rings. The summed E-state index contributed by atoms with van der Waals surface area (Å²) >= 11 is 0. The van der Waals surface area contributed by atoms with Crippen LogP contribution < -0.4 is 0 Å². The van der Waals surface area contributed by atoms with Crippen LogP contribution in [0.15, 0.2) is 42.5 Å². The molecule has 0 fully saturated rings. The van der Waals surface area contributed by atoms with E-state index in [0.717, 1.165) is 19.2 Å². The fraction of sp³-hybridized carbons (Fsp3) is 0.118. The number of terminal acetylenes is 1. The van der Waals surface area contributed by atoms with Crippen molar-refractivity contribution < 1.29 is 22.7 Å². The van der Waals surface area contributed by atoms with Gasteiger partial charge < -0.3 is 4.74 Å². The second kappa shape index (κ2) is 5.94. The van der Waals surface area contributed by atoms with Gasteiger partial charge in [0, 0.05) is 0 Å². The minimum atomic E-state index is -4.59. The number of carbonyl (C=O) groups excluding carboxylic acids is 1. The maximum atomic E-state index is 12.5. The molecule has 0 radical (unpaired) electrons. The van der Waals surface area contributed by atoms with Gasteiger partial charge in [-0.2, -0.15) is 13.2 Å². The molecule has 0 amide bonds. The van der Waals surface area contributed by atoms with E-state index in [9.17, 15) is 18.0 Å². The quantitative estimate of drug-likeness (QED) is 0.499. The van der Waals surface area contributed by atoms with E-state index in [1.165, 1.54) is 17.2 Å². The summed E-state index contributed by atoms with van der Waals surface area (Å²) in [6.45, 7) is 0. The molecule has 2 nitrogen and oxygen atoms in total. The van der Waals surface area contributed by atoms with E-state index in [4.69, 9.17) is 6.42 Å². The van der Waals surface area contributed by atoms with E-state index in [-0.39, 0.29) is 5.56 Å². The lowest BCUT2D eigenvalue weighted by atomic mass is 9.95. The van der Waals surface area contributed by atoms with Crippen molar-refractivity contribution in [2.75, 3.05) is 7.11 Å². The maximum absolute atomic E-state index is 12.5. The monoisotopic (exact) mass is 304 g/mol. The zero-order valence-corrected chi connectivity index (χ0v) is 11.6. The van der Waals surface area contributed by atoms with Gasteiger partial charge in [0.2, 0.25) is 0 Å². The molecule has 0 aliphatic heterocycles. The van der Waals surface area contributed by atoms with Gasteiger partial charge in [-0.3, -0.25) is 0 Å². The molecule has 0 atom stereocenters. The van der Waals surface area contributed by atoms with E-state index >= 15 is 0 Å². The predicted octanol–water partition coefficient (Wildman–Crippen LogP) is 4.14. The van der Waals surface area contributed by atoms with Crippen LogP contribution in [0.4, 0.5) is 13.2 Å². The van der Waals surface area contributed by atoms with Crippen molar-refractivity contribution in [2.24, 2.45) is 0 Å². The van der Waals surface area contributed by atoms with Crippen molar-refractivity contribution in [3.8, 4) is 23.5 Å². The van der Waals surface area contributed by atoms with Crippen molar-refractivity contribution in [3.63, 3.8) is 0 Å². The van der Waals surface area contributed by atoms with Crippen molar-refractivity contribution in [1.29, 1.82) is 0 Å². The van der Waals surface area contributed by atoms with E-state index < -0.39 is 23.3 Å². The Hall–Kier alpha value is -2.74. The van der Waals surface area contributed by atoms with Gasteiger partial charge in [-0.15, -0.1) is 6.42 Å². The van der Waals surface area contributed by atoms with Gasteiger partial charge in [-0.1, -0.05) is 36.3 Å². The number of alkyl halides is 3. The summed E-state index contributed by atoms with van der Waals surface area (Å²) in [6, 6.07) is 11.6. The van der Waals surface area contributed by atoms with Crippen LogP contribution in [0.5, 0.6) is 0 Å². The fourth-order valence-corrected chi connectivity index (χ4v) is 1.89. The fourth-order valence-electron chi connectivity index (χ4n) is 1.89. The Labute approximate surface area is 125 Å². The molecule has 0 bridgehead atoms. The van der Waals surface area contributed by atoms with E-state index in [1.54, 1.807) is 0 Å². The summed E-state index contributed by atoms with van der Waals surface area (Å²) < 4.78 is 41.9. The number of fused-ring (bicyclic) bond motifs is 1. The molecule has 0 saturated carbocycles.